The number of methoxy groups -OCH3 is 1. The van der Waals surface area contributed by atoms with Crippen LogP contribution in [0, 0.1) is 12.7 Å². The quantitative estimate of drug-likeness (QED) is 0.144. The summed E-state index contributed by atoms with van der Waals surface area (Å²) in [5.74, 6) is -0.114. The van der Waals surface area contributed by atoms with Crippen LogP contribution >= 0.6 is 23.1 Å². The number of nitrogens with zero attached hydrogens (tertiary/aromatic N) is 3. The van der Waals surface area contributed by atoms with Crippen LogP contribution in [0.25, 0.3) is 11.1 Å². The van der Waals surface area contributed by atoms with Gasteiger partial charge in [0, 0.05) is 17.0 Å². The van der Waals surface area contributed by atoms with Gasteiger partial charge in [-0.2, -0.15) is 0 Å². The minimum atomic E-state index is -0.521. The first-order valence-corrected chi connectivity index (χ1v) is 13.3. The van der Waals surface area contributed by atoms with Crippen molar-refractivity contribution in [3.63, 3.8) is 0 Å². The Bertz CT molecular complexity index is 1440. The zero-order valence-corrected chi connectivity index (χ0v) is 22.4. The second-order valence-electron chi connectivity index (χ2n) is 7.97. The zero-order chi connectivity index (χ0) is 27.1. The topological polar surface area (TPSA) is 95.3 Å². The molecule has 0 aliphatic rings. The van der Waals surface area contributed by atoms with Crippen LogP contribution in [0.3, 0.4) is 0 Å². The average Bonchev–Trinajstić information content (AvgIpc) is 3.46. The SMILES string of the molecule is C=CCn1c(COc2ccc(F)cc2)nnc1SCC(=O)Nc1sc(C)c(-c2ccccc2)c1C(=O)OC. The number of allylic oxidation sites excluding steroid dienone is 1. The minimum absolute atomic E-state index is 0.0341. The Balaban J connectivity index is 1.46. The van der Waals surface area contributed by atoms with Gasteiger partial charge in [-0.3, -0.25) is 9.36 Å². The predicted octanol–water partition coefficient (Wildman–Crippen LogP) is 5.74. The number of ether oxygens (including phenoxy) is 2. The molecule has 0 atom stereocenters. The summed E-state index contributed by atoms with van der Waals surface area (Å²) in [5.41, 5.74) is 1.93. The Kier molecular flexibility index (Phi) is 8.93. The number of thioether (sulfide) groups is 1. The first kappa shape index (κ1) is 27.1. The van der Waals surface area contributed by atoms with Crippen molar-refractivity contribution in [2.45, 2.75) is 25.2 Å². The summed E-state index contributed by atoms with van der Waals surface area (Å²) in [7, 11) is 1.31. The lowest BCUT2D eigenvalue weighted by Gasteiger charge is -2.10. The lowest BCUT2D eigenvalue weighted by molar-refractivity contribution is -0.113. The Morgan fingerprint density at radius 3 is 2.58 bits per heavy atom. The summed E-state index contributed by atoms with van der Waals surface area (Å²) < 4.78 is 25.6. The third-order valence-corrected chi connectivity index (χ3v) is 7.40. The number of thiophene rings is 1. The number of halogens is 1. The highest BCUT2D eigenvalue weighted by Crippen LogP contribution is 2.40. The number of hydrogen-bond donors (Lipinski definition) is 1. The molecule has 0 radical (unpaired) electrons. The van der Waals surface area contributed by atoms with Gasteiger partial charge in [0.05, 0.1) is 12.9 Å². The molecule has 4 aromatic rings. The Morgan fingerprint density at radius 2 is 1.89 bits per heavy atom. The van der Waals surface area contributed by atoms with Gasteiger partial charge in [-0.1, -0.05) is 48.2 Å². The largest absolute Gasteiger partial charge is 0.486 e. The van der Waals surface area contributed by atoms with Gasteiger partial charge in [0.25, 0.3) is 0 Å². The molecule has 1 amide bonds. The van der Waals surface area contributed by atoms with Crippen molar-refractivity contribution in [3.8, 4) is 16.9 Å². The van der Waals surface area contributed by atoms with Gasteiger partial charge >= 0.3 is 5.97 Å². The third-order valence-electron chi connectivity index (χ3n) is 5.41. The van der Waals surface area contributed by atoms with E-state index in [1.165, 1.54) is 54.5 Å². The highest BCUT2D eigenvalue weighted by molar-refractivity contribution is 7.99. The van der Waals surface area contributed by atoms with E-state index in [0.29, 0.717) is 33.8 Å². The van der Waals surface area contributed by atoms with E-state index < -0.39 is 5.97 Å². The van der Waals surface area contributed by atoms with Crippen molar-refractivity contribution in [1.82, 2.24) is 14.8 Å². The number of benzene rings is 2. The van der Waals surface area contributed by atoms with Crippen LogP contribution in [0.5, 0.6) is 5.75 Å². The number of carbonyl (C=O) groups is 2. The number of hydrogen-bond acceptors (Lipinski definition) is 8. The standard InChI is InChI=1S/C27H25FN4O4S2/c1-4-14-32-21(15-36-20-12-10-19(28)11-13-20)30-31-27(32)37-16-22(33)29-25-24(26(34)35-3)23(17(2)38-25)18-8-6-5-7-9-18/h4-13H,1,14-16H2,2-3H3,(H,29,33). The van der Waals surface area contributed by atoms with Crippen LogP contribution in [-0.2, 0) is 22.7 Å². The summed E-state index contributed by atoms with van der Waals surface area (Å²) in [6.07, 6.45) is 1.69. The maximum Gasteiger partial charge on any atom is 0.341 e. The zero-order valence-electron chi connectivity index (χ0n) is 20.8. The molecule has 1 N–H and O–H groups in total. The molecule has 196 valence electrons. The van der Waals surface area contributed by atoms with Gasteiger partial charge < -0.3 is 14.8 Å². The number of rotatable bonds is 11. The summed E-state index contributed by atoms with van der Waals surface area (Å²) in [6, 6.07) is 15.2. The van der Waals surface area contributed by atoms with E-state index in [-0.39, 0.29) is 24.1 Å². The van der Waals surface area contributed by atoms with Crippen LogP contribution < -0.4 is 10.1 Å². The summed E-state index contributed by atoms with van der Waals surface area (Å²) in [6.45, 7) is 6.20. The van der Waals surface area contributed by atoms with Crippen LogP contribution in [0.4, 0.5) is 9.39 Å². The van der Waals surface area contributed by atoms with E-state index in [1.54, 1.807) is 10.6 Å². The number of carbonyl (C=O) groups excluding carboxylic acids is 2. The molecule has 0 unspecified atom stereocenters. The number of amides is 1. The molecule has 8 nitrogen and oxygen atoms in total. The molecule has 0 saturated heterocycles. The molecule has 0 saturated carbocycles. The molecular formula is C27H25FN4O4S2. The molecule has 0 aliphatic carbocycles. The van der Waals surface area contributed by atoms with Gasteiger partial charge in [-0.05, 0) is 36.8 Å². The fraction of sp³-hybridized carbons (Fsp3) is 0.185. The van der Waals surface area contributed by atoms with Crippen molar-refractivity contribution in [2.75, 3.05) is 18.2 Å². The van der Waals surface area contributed by atoms with Gasteiger partial charge in [-0.15, -0.1) is 28.1 Å². The number of nitrogens with one attached hydrogen (secondary N) is 1. The van der Waals surface area contributed by atoms with Crippen LogP contribution in [-0.4, -0.2) is 39.5 Å². The van der Waals surface area contributed by atoms with Crippen molar-refractivity contribution in [2.24, 2.45) is 0 Å². The number of aryl methyl sites for hydroxylation is 1. The molecule has 38 heavy (non-hydrogen) atoms. The van der Waals surface area contributed by atoms with Crippen molar-refractivity contribution < 1.29 is 23.5 Å². The molecular weight excluding hydrogens is 527 g/mol. The highest BCUT2D eigenvalue weighted by atomic mass is 32.2. The summed E-state index contributed by atoms with van der Waals surface area (Å²) >= 11 is 2.52. The molecule has 4 rings (SSSR count). The van der Waals surface area contributed by atoms with Crippen LogP contribution in [0.2, 0.25) is 0 Å². The first-order valence-electron chi connectivity index (χ1n) is 11.5. The van der Waals surface area contributed by atoms with E-state index in [2.05, 4.69) is 22.1 Å². The molecule has 0 spiro atoms. The smallest absolute Gasteiger partial charge is 0.341 e. The first-order chi connectivity index (χ1) is 18.4. The van der Waals surface area contributed by atoms with Crippen molar-refractivity contribution in [1.29, 1.82) is 0 Å². The van der Waals surface area contributed by atoms with Crippen LogP contribution in [0.15, 0.2) is 72.4 Å². The lowest BCUT2D eigenvalue weighted by Crippen LogP contribution is -2.16. The monoisotopic (exact) mass is 552 g/mol. The van der Waals surface area contributed by atoms with Crippen LogP contribution in [0.1, 0.15) is 21.1 Å². The predicted molar refractivity (Wildman–Crippen MR) is 146 cm³/mol. The maximum absolute atomic E-state index is 13.1. The molecule has 0 fully saturated rings. The van der Waals surface area contributed by atoms with E-state index in [4.69, 9.17) is 9.47 Å². The third kappa shape index (κ3) is 6.29. The molecule has 0 bridgehead atoms. The Hall–Kier alpha value is -3.96. The van der Waals surface area contributed by atoms with Gasteiger partial charge in [0.1, 0.15) is 28.7 Å². The number of anilines is 1. The van der Waals surface area contributed by atoms with E-state index in [9.17, 15) is 14.0 Å². The van der Waals surface area contributed by atoms with Gasteiger partial charge in [0.15, 0.2) is 11.0 Å². The fourth-order valence-corrected chi connectivity index (χ4v) is 5.55. The van der Waals surface area contributed by atoms with Gasteiger partial charge in [0.2, 0.25) is 5.91 Å². The molecule has 0 aliphatic heterocycles. The highest BCUT2D eigenvalue weighted by Gasteiger charge is 2.25. The Morgan fingerprint density at radius 1 is 1.16 bits per heavy atom. The van der Waals surface area contributed by atoms with Crippen molar-refractivity contribution >= 4 is 40.0 Å². The second-order valence-corrected chi connectivity index (χ2v) is 10.1. The maximum atomic E-state index is 13.1. The van der Waals surface area contributed by atoms with E-state index in [0.717, 1.165) is 16.0 Å². The fourth-order valence-electron chi connectivity index (χ4n) is 3.70. The van der Waals surface area contributed by atoms with E-state index >= 15 is 0 Å². The van der Waals surface area contributed by atoms with Gasteiger partial charge in [-0.25, -0.2) is 9.18 Å². The number of esters is 1. The Labute approximate surface area is 227 Å². The number of aromatic nitrogens is 3. The second kappa shape index (κ2) is 12.5. The van der Waals surface area contributed by atoms with E-state index in [1.807, 2.05) is 37.3 Å². The molecule has 11 heteroatoms. The molecule has 2 aromatic carbocycles. The average molecular weight is 553 g/mol. The van der Waals surface area contributed by atoms with Crippen molar-refractivity contribution in [3.05, 3.63) is 89.3 Å². The summed E-state index contributed by atoms with van der Waals surface area (Å²) in [5, 5.41) is 12.2. The minimum Gasteiger partial charge on any atom is -0.486 e. The molecule has 2 heterocycles. The summed E-state index contributed by atoms with van der Waals surface area (Å²) in [4.78, 5) is 26.5. The lowest BCUT2D eigenvalue weighted by atomic mass is 10.0. The normalized spacial score (nSPS) is 10.7. The molecule has 2 aromatic heterocycles.